The minimum absolute atomic E-state index is 0.104. The van der Waals surface area contributed by atoms with Crippen LogP contribution in [0.4, 0.5) is 0 Å². The molecule has 0 bridgehead atoms. The second kappa shape index (κ2) is 72.6. The van der Waals surface area contributed by atoms with Gasteiger partial charge in [-0.25, -0.2) is 9.13 Å². The molecule has 0 fully saturated rings. The van der Waals surface area contributed by atoms with Gasteiger partial charge in [-0.15, -0.1) is 0 Å². The Morgan fingerprint density at radius 2 is 0.510 bits per heavy atom. The highest BCUT2D eigenvalue weighted by Crippen LogP contribution is 2.45. The van der Waals surface area contributed by atoms with Gasteiger partial charge >= 0.3 is 39.5 Å². The minimum atomic E-state index is -4.96. The predicted octanol–water partition coefficient (Wildman–Crippen LogP) is 24.3. The van der Waals surface area contributed by atoms with Crippen molar-refractivity contribution >= 4 is 39.5 Å². The molecule has 3 unspecified atom stereocenters. The maximum Gasteiger partial charge on any atom is 0.472 e. The second-order valence-electron chi connectivity index (χ2n) is 29.9. The first-order valence-corrected chi connectivity index (χ1v) is 45.0. The molecule has 0 aliphatic carbocycles. The maximum absolute atomic E-state index is 13.1. The van der Waals surface area contributed by atoms with Crippen molar-refractivity contribution in [3.8, 4) is 0 Å². The summed E-state index contributed by atoms with van der Waals surface area (Å²) in [4.78, 5) is 72.9. The quantitative estimate of drug-likeness (QED) is 0.0222. The number of aliphatic hydroxyl groups is 1. The third-order valence-electron chi connectivity index (χ3n) is 19.3. The van der Waals surface area contributed by atoms with Crippen molar-refractivity contribution in [3.05, 3.63) is 0 Å². The smallest absolute Gasteiger partial charge is 0.462 e. The van der Waals surface area contributed by atoms with Crippen LogP contribution in [-0.2, 0) is 65.4 Å². The van der Waals surface area contributed by atoms with Crippen molar-refractivity contribution in [1.29, 1.82) is 0 Å². The lowest BCUT2D eigenvalue weighted by Crippen LogP contribution is -2.30. The van der Waals surface area contributed by atoms with Crippen LogP contribution in [0.5, 0.6) is 0 Å². The van der Waals surface area contributed by atoms with Crippen LogP contribution >= 0.6 is 15.6 Å². The standard InChI is InChI=1S/C81H158O17P2/c1-7-10-12-14-16-18-20-21-22-23-27-30-33-36-40-46-52-58-64-79(84)92-69-76(97-80(85)65-59-53-47-41-37-34-31-28-25-24-26-29-32-35-38-44-50-56-62-74(6)9-3)71-95-99(87,88)93-67-75(82)68-94-100(89,90)96-72-77(98-81(86)66-60-54-48-42-43-49-55-61-73(4)5)70-91-78(83)63-57-51-45-39-19-17-15-13-11-8-2/h73-77,82H,7-72H2,1-6H3,(H,87,88)(H,89,90)/t74?,75-,76-,77-/m1/s1. The lowest BCUT2D eigenvalue weighted by Gasteiger charge is -2.21. The Kier molecular flexibility index (Phi) is 71.2. The Hall–Kier alpha value is -1.94. The third-order valence-corrected chi connectivity index (χ3v) is 21.2. The summed E-state index contributed by atoms with van der Waals surface area (Å²) in [6, 6.07) is 0. The second-order valence-corrected chi connectivity index (χ2v) is 32.8. The van der Waals surface area contributed by atoms with E-state index in [1.54, 1.807) is 0 Å². The van der Waals surface area contributed by atoms with E-state index in [4.69, 9.17) is 37.0 Å². The topological polar surface area (TPSA) is 237 Å². The van der Waals surface area contributed by atoms with Crippen LogP contribution in [0.15, 0.2) is 0 Å². The summed E-state index contributed by atoms with van der Waals surface area (Å²) in [5.74, 6) is -0.545. The van der Waals surface area contributed by atoms with Gasteiger partial charge in [-0.05, 0) is 37.5 Å². The van der Waals surface area contributed by atoms with Gasteiger partial charge in [-0.3, -0.25) is 37.3 Å². The lowest BCUT2D eigenvalue weighted by atomic mass is 9.99. The number of rotatable bonds is 80. The highest BCUT2D eigenvalue weighted by Gasteiger charge is 2.30. The molecule has 0 aromatic rings. The molecular weight excluding hydrogens is 1310 g/mol. The number of carbonyl (C=O) groups is 4. The molecule has 6 atom stereocenters. The molecular formula is C81H158O17P2. The van der Waals surface area contributed by atoms with Crippen molar-refractivity contribution in [2.45, 2.75) is 445 Å². The fourth-order valence-corrected chi connectivity index (χ4v) is 14.1. The summed E-state index contributed by atoms with van der Waals surface area (Å²) >= 11 is 0. The normalized spacial score (nSPS) is 14.2. The fourth-order valence-electron chi connectivity index (χ4n) is 12.5. The van der Waals surface area contributed by atoms with Gasteiger partial charge in [0.05, 0.1) is 26.4 Å². The van der Waals surface area contributed by atoms with Crippen LogP contribution in [0.2, 0.25) is 0 Å². The largest absolute Gasteiger partial charge is 0.472 e. The van der Waals surface area contributed by atoms with Crippen LogP contribution < -0.4 is 0 Å². The minimum Gasteiger partial charge on any atom is -0.462 e. The summed E-state index contributed by atoms with van der Waals surface area (Å²) in [6.07, 6.45) is 62.6. The zero-order chi connectivity index (χ0) is 73.5. The number of aliphatic hydroxyl groups excluding tert-OH is 1. The first-order chi connectivity index (χ1) is 48.4. The molecule has 0 aromatic carbocycles. The van der Waals surface area contributed by atoms with Crippen LogP contribution in [0, 0.1) is 11.8 Å². The summed E-state index contributed by atoms with van der Waals surface area (Å²) in [7, 11) is -9.91. The molecule has 0 radical (unpaired) electrons. The third kappa shape index (κ3) is 73.0. The summed E-state index contributed by atoms with van der Waals surface area (Å²) in [5.41, 5.74) is 0. The number of hydrogen-bond acceptors (Lipinski definition) is 15. The van der Waals surface area contributed by atoms with E-state index >= 15 is 0 Å². The van der Waals surface area contributed by atoms with Gasteiger partial charge in [-0.2, -0.15) is 0 Å². The monoisotopic (exact) mass is 1470 g/mol. The Morgan fingerprint density at radius 1 is 0.290 bits per heavy atom. The summed E-state index contributed by atoms with van der Waals surface area (Å²) in [6.45, 7) is 9.62. The van der Waals surface area contributed by atoms with Crippen molar-refractivity contribution in [2.75, 3.05) is 39.6 Å². The highest BCUT2D eigenvalue weighted by atomic mass is 31.2. The van der Waals surface area contributed by atoms with Gasteiger partial charge in [0.15, 0.2) is 12.2 Å². The number of phosphoric ester groups is 2. The molecule has 0 aromatic heterocycles. The molecule has 3 N–H and O–H groups in total. The van der Waals surface area contributed by atoms with Crippen LogP contribution in [0.3, 0.4) is 0 Å². The zero-order valence-corrected chi connectivity index (χ0v) is 67.3. The summed E-state index contributed by atoms with van der Waals surface area (Å²) < 4.78 is 68.6. The molecule has 594 valence electrons. The molecule has 17 nitrogen and oxygen atoms in total. The average molecular weight is 1470 g/mol. The molecule has 0 spiro atoms. The summed E-state index contributed by atoms with van der Waals surface area (Å²) in [5, 5.41) is 10.6. The first-order valence-electron chi connectivity index (χ1n) is 42.0. The first kappa shape index (κ1) is 98.1. The number of unbranched alkanes of at least 4 members (excludes halogenated alkanes) is 49. The van der Waals surface area contributed by atoms with Gasteiger partial charge in [-0.1, -0.05) is 375 Å². The zero-order valence-electron chi connectivity index (χ0n) is 65.5. The maximum atomic E-state index is 13.1. The molecule has 0 amide bonds. The van der Waals surface area contributed by atoms with Crippen LogP contribution in [0.25, 0.3) is 0 Å². The molecule has 0 rings (SSSR count). The van der Waals surface area contributed by atoms with Crippen molar-refractivity contribution in [3.63, 3.8) is 0 Å². The van der Waals surface area contributed by atoms with E-state index < -0.39 is 97.5 Å². The molecule has 0 saturated carbocycles. The molecule has 0 aliphatic heterocycles. The molecule has 0 saturated heterocycles. The lowest BCUT2D eigenvalue weighted by molar-refractivity contribution is -0.161. The van der Waals surface area contributed by atoms with Crippen LogP contribution in [-0.4, -0.2) is 96.7 Å². The van der Waals surface area contributed by atoms with E-state index in [0.717, 1.165) is 95.8 Å². The van der Waals surface area contributed by atoms with Gasteiger partial charge < -0.3 is 33.8 Å². The number of carbonyl (C=O) groups excluding carboxylic acids is 4. The number of phosphoric acid groups is 2. The molecule has 0 aliphatic rings. The van der Waals surface area contributed by atoms with Gasteiger partial charge in [0.1, 0.15) is 19.3 Å². The number of ether oxygens (including phenoxy) is 4. The van der Waals surface area contributed by atoms with E-state index in [-0.39, 0.29) is 25.7 Å². The Labute approximate surface area is 613 Å². The van der Waals surface area contributed by atoms with Crippen molar-refractivity contribution in [1.82, 2.24) is 0 Å². The Morgan fingerprint density at radius 3 is 0.760 bits per heavy atom. The van der Waals surface area contributed by atoms with E-state index in [1.165, 1.54) is 244 Å². The van der Waals surface area contributed by atoms with E-state index in [9.17, 15) is 43.2 Å². The van der Waals surface area contributed by atoms with E-state index in [1.807, 2.05) is 0 Å². The molecule has 0 heterocycles. The molecule has 19 heteroatoms. The fraction of sp³-hybridized carbons (Fsp3) is 0.951. The number of hydrogen-bond donors (Lipinski definition) is 3. The van der Waals surface area contributed by atoms with Gasteiger partial charge in [0.2, 0.25) is 0 Å². The Balaban J connectivity index is 5.18. The SMILES string of the molecule is CCCCCCCCCCCCCCCCCCCCC(=O)OC[C@H](COP(=O)(O)OC[C@@H](O)COP(=O)(O)OC[C@@H](COC(=O)CCCCCCCCCCCC)OC(=O)CCCCCCCCCC(C)C)OC(=O)CCCCCCCCCCCCCCCCCCCCC(C)CC. The highest BCUT2D eigenvalue weighted by molar-refractivity contribution is 7.47. The van der Waals surface area contributed by atoms with Gasteiger partial charge in [0, 0.05) is 25.7 Å². The van der Waals surface area contributed by atoms with Gasteiger partial charge in [0.25, 0.3) is 0 Å². The van der Waals surface area contributed by atoms with E-state index in [2.05, 4.69) is 41.5 Å². The van der Waals surface area contributed by atoms with E-state index in [0.29, 0.717) is 31.6 Å². The van der Waals surface area contributed by atoms with Crippen LogP contribution in [0.1, 0.15) is 427 Å². The average Bonchev–Trinajstić information content (AvgIpc) is 0.932. The predicted molar refractivity (Wildman–Crippen MR) is 409 cm³/mol. The van der Waals surface area contributed by atoms with Crippen molar-refractivity contribution in [2.24, 2.45) is 11.8 Å². The Bertz CT molecular complexity index is 1930. The van der Waals surface area contributed by atoms with Crippen molar-refractivity contribution < 1.29 is 80.2 Å². The molecule has 100 heavy (non-hydrogen) atoms. The number of esters is 4.